The highest BCUT2D eigenvalue weighted by Gasteiger charge is 2.27. The first kappa shape index (κ1) is 12.2. The number of para-hydroxylation sites is 2. The van der Waals surface area contributed by atoms with Gasteiger partial charge in [0, 0.05) is 0 Å². The van der Waals surface area contributed by atoms with Crippen LogP contribution in [0.1, 0.15) is 6.92 Å². The Kier molecular flexibility index (Phi) is 3.36. The number of benzene rings is 1. The zero-order chi connectivity index (χ0) is 13.1. The summed E-state index contributed by atoms with van der Waals surface area (Å²) in [7, 11) is 0. The van der Waals surface area contributed by atoms with Crippen LogP contribution in [0.25, 0.3) is 0 Å². The van der Waals surface area contributed by atoms with Gasteiger partial charge in [-0.2, -0.15) is 0 Å². The van der Waals surface area contributed by atoms with Crippen molar-refractivity contribution in [1.82, 2.24) is 5.32 Å². The molecule has 2 atom stereocenters. The van der Waals surface area contributed by atoms with Gasteiger partial charge in [0.25, 0.3) is 5.91 Å². The Morgan fingerprint density at radius 1 is 1.50 bits per heavy atom. The van der Waals surface area contributed by atoms with Gasteiger partial charge in [-0.05, 0) is 19.1 Å². The van der Waals surface area contributed by atoms with Gasteiger partial charge in [-0.3, -0.25) is 9.59 Å². The first-order valence-electron chi connectivity index (χ1n) is 5.60. The molecular formula is C12H14N2O4. The van der Waals surface area contributed by atoms with Crippen LogP contribution in [0.15, 0.2) is 24.3 Å². The minimum Gasteiger partial charge on any atom is -0.480 e. The molecule has 1 heterocycles. The third-order valence-corrected chi connectivity index (χ3v) is 2.66. The number of carboxylic acid groups (broad SMARTS) is 1. The van der Waals surface area contributed by atoms with E-state index in [1.54, 1.807) is 12.1 Å². The van der Waals surface area contributed by atoms with Gasteiger partial charge in [0.15, 0.2) is 6.10 Å². The number of anilines is 1. The van der Waals surface area contributed by atoms with Crippen LogP contribution >= 0.6 is 0 Å². The second kappa shape index (κ2) is 4.95. The summed E-state index contributed by atoms with van der Waals surface area (Å²) in [5.41, 5.74) is 0.827. The number of ether oxygens (including phenoxy) is 1. The lowest BCUT2D eigenvalue weighted by atomic mass is 10.2. The summed E-state index contributed by atoms with van der Waals surface area (Å²) in [6.07, 6.45) is -0.721. The van der Waals surface area contributed by atoms with E-state index in [0.717, 1.165) is 5.69 Å². The minimum atomic E-state index is -1.08. The highest BCUT2D eigenvalue weighted by atomic mass is 16.5. The predicted octanol–water partition coefficient (Wildman–Crippen LogP) is 0.449. The SMILES string of the molecule is CC(NC(=O)C1CNc2ccccc2O1)C(=O)O. The van der Waals surface area contributed by atoms with Gasteiger partial charge >= 0.3 is 5.97 Å². The Labute approximate surface area is 104 Å². The molecule has 0 saturated carbocycles. The number of carbonyl (C=O) groups excluding carboxylic acids is 1. The number of aliphatic carboxylic acids is 1. The number of fused-ring (bicyclic) bond motifs is 1. The van der Waals surface area contributed by atoms with E-state index in [2.05, 4.69) is 10.6 Å². The van der Waals surface area contributed by atoms with Crippen molar-refractivity contribution in [3.8, 4) is 5.75 Å². The van der Waals surface area contributed by atoms with E-state index in [4.69, 9.17) is 9.84 Å². The number of carboxylic acids is 1. The molecule has 18 heavy (non-hydrogen) atoms. The van der Waals surface area contributed by atoms with Crippen LogP contribution < -0.4 is 15.4 Å². The van der Waals surface area contributed by atoms with Crippen molar-refractivity contribution in [2.24, 2.45) is 0 Å². The van der Waals surface area contributed by atoms with Gasteiger partial charge in [0.05, 0.1) is 12.2 Å². The number of carbonyl (C=O) groups is 2. The van der Waals surface area contributed by atoms with Crippen LogP contribution in [0.2, 0.25) is 0 Å². The van der Waals surface area contributed by atoms with E-state index >= 15 is 0 Å². The molecule has 0 aliphatic carbocycles. The Morgan fingerprint density at radius 2 is 2.22 bits per heavy atom. The van der Waals surface area contributed by atoms with E-state index in [-0.39, 0.29) is 0 Å². The van der Waals surface area contributed by atoms with E-state index in [1.807, 2.05) is 12.1 Å². The molecule has 1 amide bonds. The Bertz CT molecular complexity index is 475. The molecular weight excluding hydrogens is 236 g/mol. The molecule has 1 aromatic rings. The summed E-state index contributed by atoms with van der Waals surface area (Å²) in [4.78, 5) is 22.4. The fraction of sp³-hybridized carbons (Fsp3) is 0.333. The molecule has 6 heteroatoms. The maximum Gasteiger partial charge on any atom is 0.325 e. The second-order valence-electron chi connectivity index (χ2n) is 4.05. The van der Waals surface area contributed by atoms with E-state index < -0.39 is 24.0 Å². The fourth-order valence-electron chi connectivity index (χ4n) is 1.63. The molecule has 1 aliphatic heterocycles. The van der Waals surface area contributed by atoms with E-state index in [0.29, 0.717) is 12.3 Å². The molecule has 0 saturated heterocycles. The third-order valence-electron chi connectivity index (χ3n) is 2.66. The largest absolute Gasteiger partial charge is 0.480 e. The molecule has 6 nitrogen and oxygen atoms in total. The van der Waals surface area contributed by atoms with Crippen molar-refractivity contribution in [3.63, 3.8) is 0 Å². The van der Waals surface area contributed by atoms with Crippen LogP contribution in [0, 0.1) is 0 Å². The maximum atomic E-state index is 11.8. The van der Waals surface area contributed by atoms with Crippen LogP contribution in [-0.4, -0.2) is 35.7 Å². The fourth-order valence-corrected chi connectivity index (χ4v) is 1.63. The van der Waals surface area contributed by atoms with Gasteiger partial charge in [0.1, 0.15) is 11.8 Å². The number of hydrogen-bond donors (Lipinski definition) is 3. The normalized spacial score (nSPS) is 18.8. The lowest BCUT2D eigenvalue weighted by Crippen LogP contribution is -2.49. The number of rotatable bonds is 3. The van der Waals surface area contributed by atoms with Crippen molar-refractivity contribution in [2.45, 2.75) is 19.1 Å². The molecule has 3 N–H and O–H groups in total. The van der Waals surface area contributed by atoms with Crippen molar-refractivity contribution in [2.75, 3.05) is 11.9 Å². The predicted molar refractivity (Wildman–Crippen MR) is 64.6 cm³/mol. The summed E-state index contributed by atoms with van der Waals surface area (Å²) in [6.45, 7) is 1.72. The molecule has 0 spiro atoms. The molecule has 1 aliphatic rings. The Balaban J connectivity index is 2.00. The maximum absolute atomic E-state index is 11.8. The quantitative estimate of drug-likeness (QED) is 0.725. The van der Waals surface area contributed by atoms with Gasteiger partial charge in [-0.1, -0.05) is 12.1 Å². The summed E-state index contributed by atoms with van der Waals surface area (Å²) < 4.78 is 5.51. The highest BCUT2D eigenvalue weighted by molar-refractivity contribution is 5.87. The molecule has 0 bridgehead atoms. The Hall–Kier alpha value is -2.24. The summed E-state index contributed by atoms with van der Waals surface area (Å²) in [5, 5.41) is 14.2. The van der Waals surface area contributed by atoms with Gasteiger partial charge in [-0.25, -0.2) is 0 Å². The summed E-state index contributed by atoms with van der Waals surface area (Å²) >= 11 is 0. The van der Waals surface area contributed by atoms with Gasteiger partial charge < -0.3 is 20.5 Å². The monoisotopic (exact) mass is 250 g/mol. The standard InChI is InChI=1S/C12H14N2O4/c1-7(12(16)17)14-11(15)10-6-13-8-4-2-3-5-9(8)18-10/h2-5,7,10,13H,6H2,1H3,(H,14,15)(H,16,17). The topological polar surface area (TPSA) is 87.7 Å². The molecule has 0 radical (unpaired) electrons. The van der Waals surface area contributed by atoms with Crippen LogP contribution in [-0.2, 0) is 9.59 Å². The van der Waals surface area contributed by atoms with Crippen LogP contribution in [0.5, 0.6) is 5.75 Å². The molecule has 0 aromatic heterocycles. The van der Waals surface area contributed by atoms with Crippen molar-refractivity contribution < 1.29 is 19.4 Å². The number of hydrogen-bond acceptors (Lipinski definition) is 4. The molecule has 1 aromatic carbocycles. The molecule has 0 fully saturated rings. The van der Waals surface area contributed by atoms with Crippen LogP contribution in [0.4, 0.5) is 5.69 Å². The van der Waals surface area contributed by atoms with Gasteiger partial charge in [0.2, 0.25) is 0 Å². The lowest BCUT2D eigenvalue weighted by molar-refractivity contribution is -0.142. The number of amides is 1. The van der Waals surface area contributed by atoms with Crippen molar-refractivity contribution in [3.05, 3.63) is 24.3 Å². The van der Waals surface area contributed by atoms with Gasteiger partial charge in [-0.15, -0.1) is 0 Å². The highest BCUT2D eigenvalue weighted by Crippen LogP contribution is 2.28. The third kappa shape index (κ3) is 2.53. The minimum absolute atomic E-state index is 0.315. The van der Waals surface area contributed by atoms with E-state index in [1.165, 1.54) is 6.92 Å². The first-order valence-corrected chi connectivity index (χ1v) is 5.60. The second-order valence-corrected chi connectivity index (χ2v) is 4.05. The van der Waals surface area contributed by atoms with Crippen LogP contribution in [0.3, 0.4) is 0 Å². The first-order chi connectivity index (χ1) is 8.58. The average Bonchev–Trinajstić information content (AvgIpc) is 2.37. The molecule has 2 unspecified atom stereocenters. The number of nitrogens with one attached hydrogen (secondary N) is 2. The Morgan fingerprint density at radius 3 is 2.94 bits per heavy atom. The lowest BCUT2D eigenvalue weighted by Gasteiger charge is -2.26. The van der Waals surface area contributed by atoms with Crippen molar-refractivity contribution in [1.29, 1.82) is 0 Å². The summed E-state index contributed by atoms with van der Waals surface area (Å²) in [5.74, 6) is -0.925. The average molecular weight is 250 g/mol. The zero-order valence-electron chi connectivity index (χ0n) is 9.84. The smallest absolute Gasteiger partial charge is 0.325 e. The van der Waals surface area contributed by atoms with E-state index in [9.17, 15) is 9.59 Å². The van der Waals surface area contributed by atoms with Crippen molar-refractivity contribution >= 4 is 17.6 Å². The summed E-state index contributed by atoms with van der Waals surface area (Å²) in [6, 6.07) is 6.34. The molecule has 96 valence electrons. The zero-order valence-corrected chi connectivity index (χ0v) is 9.84. The molecule has 2 rings (SSSR count).